The van der Waals surface area contributed by atoms with Crippen molar-refractivity contribution in [2.45, 2.75) is 0 Å². The van der Waals surface area contributed by atoms with E-state index in [4.69, 9.17) is 0 Å². The van der Waals surface area contributed by atoms with E-state index in [1.54, 1.807) is 0 Å². The molecule has 37 valence electrons. The van der Waals surface area contributed by atoms with Gasteiger partial charge in [0.2, 0.25) is 0 Å². The van der Waals surface area contributed by atoms with E-state index in [9.17, 15) is 6.82 Å². The Balaban J connectivity index is 3.73. The summed E-state index contributed by atoms with van der Waals surface area (Å²) >= 11 is -9.32. The molecule has 0 saturated carbocycles. The van der Waals surface area contributed by atoms with Gasteiger partial charge in [-0.15, -0.1) is 0 Å². The minimum atomic E-state index is -9.32. The van der Waals surface area contributed by atoms with E-state index in [0.29, 0.717) is 0 Å². The van der Waals surface area contributed by atoms with Crippen LogP contribution in [-0.4, -0.2) is 31.9 Å². The Kier molecular flexibility index (Phi) is 1.38. The van der Waals surface area contributed by atoms with Crippen molar-refractivity contribution in [3.63, 3.8) is 0 Å². The molecule has 0 aromatic rings. The Morgan fingerprint density at radius 2 is 0.667 bits per heavy atom. The Bertz CT molecular complexity index is 37.1. The number of rotatable bonds is 0. The molecule has 0 aliphatic heterocycles. The summed E-state index contributed by atoms with van der Waals surface area (Å²) in [5.41, 5.74) is 0. The third-order valence-electron chi connectivity index (χ3n) is 0. The van der Waals surface area contributed by atoms with Crippen molar-refractivity contribution in [3.05, 3.63) is 0 Å². The van der Waals surface area contributed by atoms with Crippen molar-refractivity contribution in [3.8, 4) is 0 Å². The van der Waals surface area contributed by atoms with Crippen LogP contribution in [0.5, 0.6) is 0 Å². The molecule has 0 saturated heterocycles. The average molecular weight is 135 g/mol. The van der Waals surface area contributed by atoms with E-state index in [-0.39, 0.29) is 0 Å². The number of halogens is 5. The monoisotopic (exact) mass is 135 g/mol. The van der Waals surface area contributed by atoms with Gasteiger partial charge in [0.15, 0.2) is 0 Å². The summed E-state index contributed by atoms with van der Waals surface area (Å²) in [5, 5.41) is 0. The predicted octanol–water partition coefficient (Wildman–Crippen LogP) is 1.72. The molecule has 0 fully saturated rings. The predicted molar refractivity (Wildman–Crippen MR) is 11.3 cm³/mol. The zero-order valence-electron chi connectivity index (χ0n) is 2.60. The Hall–Kier alpha value is 0.910. The molecule has 0 nitrogen and oxygen atoms in total. The molecule has 0 aromatic heterocycles. The number of hydrogen-bond donors (Lipinski definition) is 0. The summed E-state index contributed by atoms with van der Waals surface area (Å²) in [6.07, 6.45) is 0. The van der Waals surface area contributed by atoms with Gasteiger partial charge < -0.3 is 0 Å². The summed E-state index contributed by atoms with van der Waals surface area (Å²) in [6.45, 7) is 0. The van der Waals surface area contributed by atoms with Crippen LogP contribution in [0.1, 0.15) is 0 Å². The molecule has 1 radical (unpaired) electrons. The fourth-order valence-electron chi connectivity index (χ4n) is 0. The second-order valence-electron chi connectivity index (χ2n) is 1.01. The van der Waals surface area contributed by atoms with Gasteiger partial charge in [0, 0.05) is 0 Å². The first-order chi connectivity index (χ1) is 2.24. The number of hydrogen-bond acceptors (Lipinski definition) is 0. The molecule has 6 heavy (non-hydrogen) atoms. The summed E-state index contributed by atoms with van der Waals surface area (Å²) in [6, 6.07) is 0. The van der Waals surface area contributed by atoms with Crippen LogP contribution in [0.25, 0.3) is 0 Å². The second-order valence-corrected chi connectivity index (χ2v) is 4.16. The average Bonchev–Trinajstić information content (AvgIpc) is 0.650. The molecule has 0 aliphatic carbocycles. The topological polar surface area (TPSA) is 0 Å². The maximum absolute atomic E-state index is 9.93. The molecule has 0 amide bonds. The Morgan fingerprint density at radius 3 is 0.667 bits per heavy atom. The molecular formula is CaF5. The summed E-state index contributed by atoms with van der Waals surface area (Å²) in [7, 11) is 0. The zero-order valence-corrected chi connectivity index (χ0v) is 4.81. The van der Waals surface area contributed by atoms with Gasteiger partial charge in [0.05, 0.1) is 0 Å². The minimum absolute atomic E-state index is 9.32. The van der Waals surface area contributed by atoms with Crippen LogP contribution in [0.2, 0.25) is 0 Å². The van der Waals surface area contributed by atoms with Crippen molar-refractivity contribution in [1.29, 1.82) is 0 Å². The van der Waals surface area contributed by atoms with Crippen LogP contribution in [0.15, 0.2) is 0 Å². The summed E-state index contributed by atoms with van der Waals surface area (Å²) in [5.74, 6) is 0. The van der Waals surface area contributed by atoms with Gasteiger partial charge in [-0.25, -0.2) is 0 Å². The van der Waals surface area contributed by atoms with Gasteiger partial charge >= 0.3 is 38.7 Å². The van der Waals surface area contributed by atoms with Crippen LogP contribution >= 0.6 is 0 Å². The normalized spacial score (nSPS) is 15.0. The molecule has 0 rings (SSSR count). The van der Waals surface area contributed by atoms with Gasteiger partial charge in [-0.2, -0.15) is 0 Å². The van der Waals surface area contributed by atoms with Gasteiger partial charge in [-0.3, -0.25) is 0 Å². The van der Waals surface area contributed by atoms with Crippen molar-refractivity contribution < 1.29 is 6.82 Å². The quantitative estimate of drug-likeness (QED) is 0.350. The van der Waals surface area contributed by atoms with Crippen LogP contribution in [0.4, 0.5) is 6.82 Å². The molecule has 0 aliphatic rings. The van der Waals surface area contributed by atoms with Crippen molar-refractivity contribution in [2.75, 3.05) is 0 Å². The van der Waals surface area contributed by atoms with Crippen molar-refractivity contribution in [1.82, 2.24) is 0 Å². The van der Waals surface area contributed by atoms with Crippen molar-refractivity contribution >= 4 is 31.9 Å². The molecule has 6 heteroatoms. The van der Waals surface area contributed by atoms with Crippen LogP contribution in [-0.2, 0) is 0 Å². The van der Waals surface area contributed by atoms with E-state index < -0.39 is 31.9 Å². The molecule has 0 N–H and O–H groups in total. The molecule has 0 unspecified atom stereocenters. The van der Waals surface area contributed by atoms with Crippen LogP contribution < -0.4 is 0 Å². The first kappa shape index (κ1) is 6.91. The summed E-state index contributed by atoms with van der Waals surface area (Å²) in [4.78, 5) is 0. The second kappa shape index (κ2) is 1.20. The van der Waals surface area contributed by atoms with E-state index in [1.165, 1.54) is 0 Å². The van der Waals surface area contributed by atoms with Gasteiger partial charge in [-0.05, 0) is 0 Å². The Morgan fingerprint density at radius 1 is 0.667 bits per heavy atom. The van der Waals surface area contributed by atoms with Gasteiger partial charge in [0.1, 0.15) is 0 Å². The first-order valence-corrected chi connectivity index (χ1v) is 5.51. The molecule has 0 aromatic carbocycles. The maximum atomic E-state index is 9.93. The fourth-order valence-corrected chi connectivity index (χ4v) is 0. The third kappa shape index (κ3) is 90.7. The summed E-state index contributed by atoms with van der Waals surface area (Å²) < 4.78 is 49.6. The third-order valence-corrected chi connectivity index (χ3v) is 0. The fraction of sp³-hybridized carbons (Fsp3) is 0. The van der Waals surface area contributed by atoms with Gasteiger partial charge in [-0.1, -0.05) is 0 Å². The van der Waals surface area contributed by atoms with E-state index >= 15 is 0 Å². The van der Waals surface area contributed by atoms with E-state index in [2.05, 4.69) is 0 Å². The molecular weight excluding hydrogens is 135 g/mol. The molecule has 0 bridgehead atoms. The van der Waals surface area contributed by atoms with Crippen LogP contribution in [0, 0.1) is 0 Å². The molecule has 0 heterocycles. The molecule has 0 spiro atoms. The van der Waals surface area contributed by atoms with Crippen molar-refractivity contribution in [2.24, 2.45) is 0 Å². The zero-order chi connectivity index (χ0) is 5.45. The first-order valence-electron chi connectivity index (χ1n) is 1.34. The molecule has 0 atom stereocenters. The SMILES string of the molecule is [F][Ca]([F])([F])([F])[F]. The van der Waals surface area contributed by atoms with E-state index in [0.717, 1.165) is 0 Å². The van der Waals surface area contributed by atoms with Gasteiger partial charge in [0.25, 0.3) is 0 Å². The standard InChI is InChI=1S/Ca.5FH/h;5*1H/q+5;;;;;/p-5. The Labute approximate surface area is 38.6 Å². The van der Waals surface area contributed by atoms with Crippen LogP contribution in [0.3, 0.4) is 0 Å². The van der Waals surface area contributed by atoms with E-state index in [1.807, 2.05) is 0 Å².